The highest BCUT2D eigenvalue weighted by atomic mass is 16.6. The fourth-order valence-corrected chi connectivity index (χ4v) is 9.57. The van der Waals surface area contributed by atoms with Crippen LogP contribution in [0.2, 0.25) is 0 Å². The van der Waals surface area contributed by atoms with E-state index in [9.17, 15) is 9.59 Å². The Bertz CT molecular complexity index is 754. The molecule has 0 aromatic carbocycles. The highest BCUT2D eigenvalue weighted by Gasteiger charge is 2.59. The molecule has 8 aliphatic carbocycles. The summed E-state index contributed by atoms with van der Waals surface area (Å²) < 4.78 is 11.6. The van der Waals surface area contributed by atoms with Crippen LogP contribution in [0.3, 0.4) is 0 Å². The van der Waals surface area contributed by atoms with Gasteiger partial charge in [-0.1, -0.05) is 20.1 Å². The molecule has 0 spiro atoms. The van der Waals surface area contributed by atoms with E-state index in [1.165, 1.54) is 76.4 Å². The van der Waals surface area contributed by atoms with Crippen LogP contribution in [0.15, 0.2) is 25.3 Å². The molecule has 8 rings (SSSR count). The average Bonchev–Trinajstić information content (AvgIpc) is 2.79. The molecule has 0 N–H and O–H groups in total. The fourth-order valence-electron chi connectivity index (χ4n) is 9.57. The molecule has 0 saturated heterocycles. The molecular weight excluding hydrogens is 412 g/mol. The van der Waals surface area contributed by atoms with Crippen LogP contribution in [0.5, 0.6) is 0 Å². The van der Waals surface area contributed by atoms with Crippen molar-refractivity contribution in [1.82, 2.24) is 0 Å². The highest BCUT2D eigenvalue weighted by molar-refractivity contribution is 5.82. The number of hydrogen-bond acceptors (Lipinski definition) is 4. The molecular formula is C29H42O4. The van der Waals surface area contributed by atoms with E-state index >= 15 is 0 Å². The summed E-state index contributed by atoms with van der Waals surface area (Å²) in [6.45, 7) is 11.4. The molecule has 0 amide bonds. The lowest BCUT2D eigenvalue weighted by atomic mass is 9.49. The van der Waals surface area contributed by atoms with E-state index < -0.39 is 0 Å². The van der Waals surface area contributed by atoms with Crippen LogP contribution in [0.1, 0.15) is 84.5 Å². The molecule has 0 aromatic rings. The standard InChI is InChI=1S/C15H22O2.C14H20O2/c1-3-14(16)17-15(4-2)12-6-10-5-11(8-12)9-13(15)7-10;1-3-13(15)16-14(2)11-5-9-4-10(7-11)8-12(14)6-9/h3,10-13H,1,4-9H2,2H3;3,9-12H,1,4-8H2,2H3. The molecule has 0 heterocycles. The van der Waals surface area contributed by atoms with Crippen LogP contribution in [0, 0.1) is 47.3 Å². The van der Waals surface area contributed by atoms with Gasteiger partial charge >= 0.3 is 11.9 Å². The number of carbonyl (C=O) groups excluding carboxylic acids is 2. The molecule has 0 unspecified atom stereocenters. The lowest BCUT2D eigenvalue weighted by Gasteiger charge is -2.60. The van der Waals surface area contributed by atoms with E-state index in [0.29, 0.717) is 23.7 Å². The molecule has 8 bridgehead atoms. The van der Waals surface area contributed by atoms with E-state index in [1.807, 2.05) is 0 Å². The monoisotopic (exact) mass is 454 g/mol. The summed E-state index contributed by atoms with van der Waals surface area (Å²) in [5, 5.41) is 0. The summed E-state index contributed by atoms with van der Waals surface area (Å²) in [6, 6.07) is 0. The van der Waals surface area contributed by atoms with Crippen molar-refractivity contribution in [3.8, 4) is 0 Å². The molecule has 8 saturated carbocycles. The number of ether oxygens (including phenoxy) is 2. The second kappa shape index (κ2) is 8.57. The third-order valence-electron chi connectivity index (χ3n) is 10.8. The van der Waals surface area contributed by atoms with Gasteiger partial charge in [0.25, 0.3) is 0 Å². The van der Waals surface area contributed by atoms with Gasteiger partial charge in [-0.25, -0.2) is 9.59 Å². The zero-order chi connectivity index (χ0) is 23.4. The number of rotatable bonds is 5. The summed E-state index contributed by atoms with van der Waals surface area (Å²) in [5.41, 5.74) is -0.350. The van der Waals surface area contributed by atoms with Gasteiger partial charge in [0.2, 0.25) is 0 Å². The van der Waals surface area contributed by atoms with E-state index in [1.54, 1.807) is 0 Å². The molecule has 0 atom stereocenters. The minimum Gasteiger partial charge on any atom is -0.456 e. The first-order valence-corrected chi connectivity index (χ1v) is 13.5. The maximum atomic E-state index is 11.6. The number of hydrogen-bond donors (Lipinski definition) is 0. The molecule has 0 aromatic heterocycles. The summed E-state index contributed by atoms with van der Waals surface area (Å²) >= 11 is 0. The molecule has 182 valence electrons. The van der Waals surface area contributed by atoms with E-state index in [2.05, 4.69) is 27.0 Å². The van der Waals surface area contributed by atoms with Crippen molar-refractivity contribution in [3.63, 3.8) is 0 Å². The highest BCUT2D eigenvalue weighted by Crippen LogP contribution is 2.61. The Morgan fingerprint density at radius 2 is 1.06 bits per heavy atom. The van der Waals surface area contributed by atoms with Crippen molar-refractivity contribution in [1.29, 1.82) is 0 Å². The van der Waals surface area contributed by atoms with Gasteiger partial charge in [-0.3, -0.25) is 0 Å². The van der Waals surface area contributed by atoms with E-state index in [4.69, 9.17) is 9.47 Å². The molecule has 0 radical (unpaired) electrons. The molecule has 8 fully saturated rings. The van der Waals surface area contributed by atoms with Gasteiger partial charge in [0.1, 0.15) is 11.2 Å². The van der Waals surface area contributed by atoms with Crippen molar-refractivity contribution in [2.75, 3.05) is 0 Å². The normalized spacial score (nSPS) is 47.9. The molecule has 8 aliphatic rings. The summed E-state index contributed by atoms with van der Waals surface area (Å²) in [5.74, 6) is 5.64. The van der Waals surface area contributed by atoms with Crippen LogP contribution < -0.4 is 0 Å². The van der Waals surface area contributed by atoms with Crippen molar-refractivity contribution in [3.05, 3.63) is 25.3 Å². The smallest absolute Gasteiger partial charge is 0.330 e. The topological polar surface area (TPSA) is 52.6 Å². The van der Waals surface area contributed by atoms with E-state index in [-0.39, 0.29) is 23.1 Å². The zero-order valence-electron chi connectivity index (χ0n) is 20.6. The van der Waals surface area contributed by atoms with Crippen LogP contribution in [-0.2, 0) is 19.1 Å². The SMILES string of the molecule is C=CC(=O)OC1(C)C2CC3CC(C2)CC1C3.C=CC(=O)OC1(CC)C2CC3CC(C2)CC1C3. The van der Waals surface area contributed by atoms with Crippen molar-refractivity contribution < 1.29 is 19.1 Å². The average molecular weight is 455 g/mol. The second-order valence-electron chi connectivity index (χ2n) is 12.4. The predicted molar refractivity (Wildman–Crippen MR) is 128 cm³/mol. The Morgan fingerprint density at radius 3 is 1.42 bits per heavy atom. The van der Waals surface area contributed by atoms with Gasteiger partial charge in [0.15, 0.2) is 0 Å². The van der Waals surface area contributed by atoms with Gasteiger partial charge < -0.3 is 9.47 Å². The number of esters is 2. The molecule has 33 heavy (non-hydrogen) atoms. The minimum absolute atomic E-state index is 0.154. The lowest BCUT2D eigenvalue weighted by molar-refractivity contribution is -0.206. The summed E-state index contributed by atoms with van der Waals surface area (Å²) in [6.07, 6.45) is 16.7. The van der Waals surface area contributed by atoms with Gasteiger partial charge in [0, 0.05) is 12.2 Å². The van der Waals surface area contributed by atoms with E-state index in [0.717, 1.165) is 30.1 Å². The van der Waals surface area contributed by atoms with Crippen LogP contribution in [0.25, 0.3) is 0 Å². The largest absolute Gasteiger partial charge is 0.456 e. The van der Waals surface area contributed by atoms with Crippen LogP contribution in [-0.4, -0.2) is 23.1 Å². The zero-order valence-corrected chi connectivity index (χ0v) is 20.6. The summed E-state index contributed by atoms with van der Waals surface area (Å²) in [4.78, 5) is 23.1. The Labute approximate surface area is 199 Å². The fraction of sp³-hybridized carbons (Fsp3) is 0.793. The van der Waals surface area contributed by atoms with Gasteiger partial charge in [-0.2, -0.15) is 0 Å². The van der Waals surface area contributed by atoms with Crippen molar-refractivity contribution >= 4 is 11.9 Å². The first-order valence-electron chi connectivity index (χ1n) is 13.5. The van der Waals surface area contributed by atoms with Crippen LogP contribution in [0.4, 0.5) is 0 Å². The molecule has 4 nitrogen and oxygen atoms in total. The second-order valence-corrected chi connectivity index (χ2v) is 12.4. The third kappa shape index (κ3) is 3.90. The van der Waals surface area contributed by atoms with Crippen LogP contribution >= 0.6 is 0 Å². The van der Waals surface area contributed by atoms with Crippen molar-refractivity contribution in [2.24, 2.45) is 47.3 Å². The van der Waals surface area contributed by atoms with Gasteiger partial charge in [0.05, 0.1) is 0 Å². The maximum absolute atomic E-state index is 11.6. The Hall–Kier alpha value is -1.58. The third-order valence-corrected chi connectivity index (χ3v) is 10.8. The predicted octanol–water partition coefficient (Wildman–Crippen LogP) is 6.25. The lowest BCUT2D eigenvalue weighted by Crippen LogP contribution is -2.59. The Morgan fingerprint density at radius 1 is 0.697 bits per heavy atom. The number of carbonyl (C=O) groups is 2. The maximum Gasteiger partial charge on any atom is 0.330 e. The van der Waals surface area contributed by atoms with Gasteiger partial charge in [-0.05, 0) is 125 Å². The molecule has 0 aliphatic heterocycles. The first-order chi connectivity index (χ1) is 15.8. The van der Waals surface area contributed by atoms with Crippen molar-refractivity contribution in [2.45, 2.75) is 95.7 Å². The molecule has 4 heteroatoms. The Balaban J connectivity index is 0.000000139. The van der Waals surface area contributed by atoms with Gasteiger partial charge in [-0.15, -0.1) is 0 Å². The summed E-state index contributed by atoms with van der Waals surface area (Å²) in [7, 11) is 0. The quantitative estimate of drug-likeness (QED) is 0.364. The minimum atomic E-state index is -0.241. The Kier molecular flexibility index (Phi) is 6.02. The first kappa shape index (κ1) is 23.2.